The van der Waals surface area contributed by atoms with Crippen molar-refractivity contribution < 1.29 is 4.79 Å². The van der Waals surface area contributed by atoms with Crippen molar-refractivity contribution in [1.82, 2.24) is 5.32 Å². The van der Waals surface area contributed by atoms with Crippen molar-refractivity contribution in [2.75, 3.05) is 6.54 Å². The van der Waals surface area contributed by atoms with Gasteiger partial charge in [0.15, 0.2) is 0 Å². The second kappa shape index (κ2) is 7.74. The highest BCUT2D eigenvalue weighted by Crippen LogP contribution is 2.19. The molecule has 0 fully saturated rings. The SMILES string of the molecule is CCC(Br)CCNC(=O)c1cc(I)ccc1Br. The molecule has 1 aromatic carbocycles. The van der Waals surface area contributed by atoms with Crippen LogP contribution in [0, 0.1) is 3.57 Å². The Bertz CT molecular complexity index is 398. The molecule has 0 spiro atoms. The van der Waals surface area contributed by atoms with Crippen LogP contribution in [-0.2, 0) is 0 Å². The third-order valence-electron chi connectivity index (χ3n) is 2.36. The lowest BCUT2D eigenvalue weighted by Crippen LogP contribution is -2.26. The third kappa shape index (κ3) is 5.26. The van der Waals surface area contributed by atoms with Gasteiger partial charge in [-0.15, -0.1) is 0 Å². The molecule has 0 aromatic heterocycles. The van der Waals surface area contributed by atoms with Crippen LogP contribution in [0.1, 0.15) is 30.1 Å². The molecule has 17 heavy (non-hydrogen) atoms. The topological polar surface area (TPSA) is 29.1 Å². The number of amides is 1. The summed E-state index contributed by atoms with van der Waals surface area (Å²) in [6, 6.07) is 5.74. The molecule has 0 saturated heterocycles. The maximum Gasteiger partial charge on any atom is 0.252 e. The van der Waals surface area contributed by atoms with Crippen molar-refractivity contribution in [3.05, 3.63) is 31.8 Å². The first kappa shape index (κ1) is 15.4. The van der Waals surface area contributed by atoms with Gasteiger partial charge in [0.2, 0.25) is 0 Å². The van der Waals surface area contributed by atoms with Crippen molar-refractivity contribution in [1.29, 1.82) is 0 Å². The van der Waals surface area contributed by atoms with E-state index in [0.29, 0.717) is 16.9 Å². The smallest absolute Gasteiger partial charge is 0.252 e. The minimum atomic E-state index is -0.0220. The highest BCUT2D eigenvalue weighted by molar-refractivity contribution is 14.1. The molecule has 0 saturated carbocycles. The molecule has 0 bridgehead atoms. The van der Waals surface area contributed by atoms with E-state index in [-0.39, 0.29) is 5.91 Å². The monoisotopic (exact) mass is 473 g/mol. The van der Waals surface area contributed by atoms with Crippen LogP contribution in [-0.4, -0.2) is 17.3 Å². The molecule has 0 heterocycles. The fourth-order valence-electron chi connectivity index (χ4n) is 1.31. The summed E-state index contributed by atoms with van der Waals surface area (Å²) in [6.07, 6.45) is 2.02. The summed E-state index contributed by atoms with van der Waals surface area (Å²) in [7, 11) is 0. The van der Waals surface area contributed by atoms with E-state index in [1.807, 2.05) is 18.2 Å². The standard InChI is InChI=1S/C12H14Br2INO/c1-2-8(13)5-6-16-12(17)10-7-9(15)3-4-11(10)14/h3-4,7-8H,2,5-6H2,1H3,(H,16,17). The number of alkyl halides is 1. The summed E-state index contributed by atoms with van der Waals surface area (Å²) in [4.78, 5) is 12.4. The number of carbonyl (C=O) groups excluding carboxylic acids is 1. The lowest BCUT2D eigenvalue weighted by Gasteiger charge is -2.09. The molecule has 1 aromatic rings. The fraction of sp³-hybridized carbons (Fsp3) is 0.417. The van der Waals surface area contributed by atoms with Gasteiger partial charge in [-0.3, -0.25) is 4.79 Å². The van der Waals surface area contributed by atoms with Gasteiger partial charge in [0.25, 0.3) is 5.91 Å². The Balaban J connectivity index is 2.55. The maximum absolute atomic E-state index is 11.9. The van der Waals surface area contributed by atoms with E-state index in [2.05, 4.69) is 66.7 Å². The van der Waals surface area contributed by atoms with E-state index >= 15 is 0 Å². The zero-order chi connectivity index (χ0) is 12.8. The Morgan fingerprint density at radius 1 is 1.53 bits per heavy atom. The number of hydrogen-bond acceptors (Lipinski definition) is 1. The molecule has 2 nitrogen and oxygen atoms in total. The first-order valence-electron chi connectivity index (χ1n) is 5.42. The second-order valence-corrected chi connectivity index (χ2v) is 7.07. The average molecular weight is 475 g/mol. The third-order valence-corrected chi connectivity index (χ3v) is 4.83. The summed E-state index contributed by atoms with van der Waals surface area (Å²) in [5, 5.41) is 2.93. The lowest BCUT2D eigenvalue weighted by atomic mass is 10.2. The number of nitrogens with one attached hydrogen (secondary N) is 1. The van der Waals surface area contributed by atoms with Gasteiger partial charge in [0.1, 0.15) is 0 Å². The van der Waals surface area contributed by atoms with Crippen LogP contribution in [0.15, 0.2) is 22.7 Å². The van der Waals surface area contributed by atoms with Gasteiger partial charge < -0.3 is 5.32 Å². The van der Waals surface area contributed by atoms with Gasteiger partial charge in [0.05, 0.1) is 5.56 Å². The number of hydrogen-bond donors (Lipinski definition) is 1. The van der Waals surface area contributed by atoms with Gasteiger partial charge >= 0.3 is 0 Å². The van der Waals surface area contributed by atoms with Crippen LogP contribution in [0.2, 0.25) is 0 Å². The van der Waals surface area contributed by atoms with Crippen LogP contribution in [0.25, 0.3) is 0 Å². The Labute approximate surface area is 132 Å². The molecule has 1 amide bonds. The van der Waals surface area contributed by atoms with Gasteiger partial charge in [-0.2, -0.15) is 0 Å². The molecular formula is C12H14Br2INO. The van der Waals surface area contributed by atoms with Crippen molar-refractivity contribution >= 4 is 60.4 Å². The van der Waals surface area contributed by atoms with Gasteiger partial charge in [-0.25, -0.2) is 0 Å². The zero-order valence-electron chi connectivity index (χ0n) is 9.47. The summed E-state index contributed by atoms with van der Waals surface area (Å²) in [5.74, 6) is -0.0220. The molecule has 1 atom stereocenters. The van der Waals surface area contributed by atoms with Crippen LogP contribution < -0.4 is 5.32 Å². The van der Waals surface area contributed by atoms with Crippen molar-refractivity contribution in [3.8, 4) is 0 Å². The van der Waals surface area contributed by atoms with E-state index in [1.54, 1.807) is 0 Å². The minimum absolute atomic E-state index is 0.0220. The number of rotatable bonds is 5. The van der Waals surface area contributed by atoms with Crippen LogP contribution >= 0.6 is 54.5 Å². The Hall–Kier alpha value is 0.380. The van der Waals surface area contributed by atoms with Gasteiger partial charge in [-0.1, -0.05) is 22.9 Å². The average Bonchev–Trinajstić information content (AvgIpc) is 2.31. The largest absolute Gasteiger partial charge is 0.352 e. The summed E-state index contributed by atoms with van der Waals surface area (Å²) in [6.45, 7) is 2.82. The summed E-state index contributed by atoms with van der Waals surface area (Å²) in [5.41, 5.74) is 0.694. The summed E-state index contributed by atoms with van der Waals surface area (Å²) >= 11 is 9.14. The highest BCUT2D eigenvalue weighted by atomic mass is 127. The molecule has 0 aliphatic carbocycles. The molecule has 0 radical (unpaired) electrons. The molecule has 0 aliphatic heterocycles. The van der Waals surface area contributed by atoms with Crippen LogP contribution in [0.5, 0.6) is 0 Å². The van der Waals surface area contributed by atoms with E-state index in [1.165, 1.54) is 0 Å². The van der Waals surface area contributed by atoms with Crippen molar-refractivity contribution in [2.24, 2.45) is 0 Å². The Morgan fingerprint density at radius 2 is 2.24 bits per heavy atom. The second-order valence-electron chi connectivity index (χ2n) is 3.67. The van der Waals surface area contributed by atoms with E-state index in [4.69, 9.17) is 0 Å². The fourth-order valence-corrected chi connectivity index (χ4v) is 2.46. The normalized spacial score (nSPS) is 12.2. The Morgan fingerprint density at radius 3 is 2.88 bits per heavy atom. The predicted molar refractivity (Wildman–Crippen MR) is 86.8 cm³/mol. The summed E-state index contributed by atoms with van der Waals surface area (Å²) < 4.78 is 1.89. The van der Waals surface area contributed by atoms with E-state index < -0.39 is 0 Å². The number of carbonyl (C=O) groups is 1. The quantitative estimate of drug-likeness (QED) is 0.499. The molecule has 1 rings (SSSR count). The first-order valence-corrected chi connectivity index (χ1v) is 8.20. The molecule has 0 aliphatic rings. The molecule has 1 N–H and O–H groups in total. The van der Waals surface area contributed by atoms with Crippen LogP contribution in [0.4, 0.5) is 0 Å². The van der Waals surface area contributed by atoms with E-state index in [9.17, 15) is 4.79 Å². The predicted octanol–water partition coefficient (Wildman–Crippen LogP) is 4.35. The molecule has 1 unspecified atom stereocenters. The van der Waals surface area contributed by atoms with Gasteiger partial charge in [-0.05, 0) is 69.6 Å². The Kier molecular flexibility index (Phi) is 7.02. The zero-order valence-corrected chi connectivity index (χ0v) is 14.8. The highest BCUT2D eigenvalue weighted by Gasteiger charge is 2.10. The molecule has 5 heteroatoms. The molecule has 94 valence electrons. The lowest BCUT2D eigenvalue weighted by molar-refractivity contribution is 0.0952. The van der Waals surface area contributed by atoms with Crippen molar-refractivity contribution in [2.45, 2.75) is 24.6 Å². The maximum atomic E-state index is 11.9. The van der Waals surface area contributed by atoms with E-state index in [0.717, 1.165) is 20.9 Å². The minimum Gasteiger partial charge on any atom is -0.352 e. The molecular weight excluding hydrogens is 461 g/mol. The first-order chi connectivity index (χ1) is 8.04. The number of benzene rings is 1. The van der Waals surface area contributed by atoms with Crippen molar-refractivity contribution in [3.63, 3.8) is 0 Å². The van der Waals surface area contributed by atoms with Gasteiger partial charge in [0, 0.05) is 19.4 Å². The van der Waals surface area contributed by atoms with Crippen LogP contribution in [0.3, 0.4) is 0 Å². The number of halogens is 3.